The van der Waals surface area contributed by atoms with E-state index in [1.165, 1.54) is 244 Å². The summed E-state index contributed by atoms with van der Waals surface area (Å²) in [4.78, 5) is 73.0. The van der Waals surface area contributed by atoms with Crippen LogP contribution < -0.4 is 0 Å². The number of hydrogen-bond donors (Lipinski definition) is 3. The average molecular weight is 1440 g/mol. The molecule has 0 heterocycles. The summed E-state index contributed by atoms with van der Waals surface area (Å²) in [7, 11) is -9.92. The molecule has 0 aromatic rings. The number of carbonyl (C=O) groups is 4. The van der Waals surface area contributed by atoms with Gasteiger partial charge in [0.25, 0.3) is 0 Å². The number of hydrogen-bond acceptors (Lipinski definition) is 15. The molecule has 6 atom stereocenters. The molecule has 0 amide bonds. The minimum absolute atomic E-state index is 0.108. The Balaban J connectivity index is 5.26. The highest BCUT2D eigenvalue weighted by atomic mass is 31.2. The smallest absolute Gasteiger partial charge is 0.462 e. The van der Waals surface area contributed by atoms with Crippen molar-refractivity contribution in [1.29, 1.82) is 0 Å². The Labute approximate surface area is 600 Å². The number of unbranched alkanes of at least 4 members (excludes halogenated alkanes) is 50. The first kappa shape index (κ1) is 96.1. The van der Waals surface area contributed by atoms with Crippen LogP contribution in [0.15, 0.2) is 0 Å². The third kappa shape index (κ3) is 71.1. The van der Waals surface area contributed by atoms with Crippen molar-refractivity contribution in [3.63, 3.8) is 0 Å². The Bertz CT molecular complexity index is 1880. The van der Waals surface area contributed by atoms with Gasteiger partial charge in [0.2, 0.25) is 0 Å². The van der Waals surface area contributed by atoms with E-state index < -0.39 is 97.5 Å². The molecule has 0 saturated heterocycles. The molecule has 0 aromatic carbocycles. The van der Waals surface area contributed by atoms with E-state index >= 15 is 0 Å². The van der Waals surface area contributed by atoms with Gasteiger partial charge >= 0.3 is 39.5 Å². The Morgan fingerprint density at radius 1 is 0.286 bits per heavy atom. The van der Waals surface area contributed by atoms with Crippen LogP contribution in [0.3, 0.4) is 0 Å². The molecule has 0 radical (unpaired) electrons. The van der Waals surface area contributed by atoms with Crippen molar-refractivity contribution in [3.05, 3.63) is 0 Å². The van der Waals surface area contributed by atoms with Gasteiger partial charge in [-0.15, -0.1) is 0 Å². The van der Waals surface area contributed by atoms with Crippen molar-refractivity contribution in [3.8, 4) is 0 Å². The molecular formula is C79H154O17P2. The van der Waals surface area contributed by atoms with Crippen LogP contribution in [-0.4, -0.2) is 96.7 Å². The van der Waals surface area contributed by atoms with Gasteiger partial charge < -0.3 is 33.8 Å². The summed E-state index contributed by atoms with van der Waals surface area (Å²) in [5.41, 5.74) is 0. The highest BCUT2D eigenvalue weighted by molar-refractivity contribution is 7.47. The topological polar surface area (TPSA) is 237 Å². The molecule has 0 aliphatic heterocycles. The number of aliphatic hydroxyl groups excluding tert-OH is 1. The van der Waals surface area contributed by atoms with E-state index in [1.54, 1.807) is 0 Å². The molecule has 582 valence electrons. The highest BCUT2D eigenvalue weighted by Crippen LogP contribution is 2.45. The van der Waals surface area contributed by atoms with E-state index in [9.17, 15) is 43.2 Å². The van der Waals surface area contributed by atoms with Gasteiger partial charge in [-0.05, 0) is 31.6 Å². The van der Waals surface area contributed by atoms with E-state index in [0.29, 0.717) is 25.7 Å². The zero-order chi connectivity index (χ0) is 71.9. The minimum Gasteiger partial charge on any atom is -0.462 e. The van der Waals surface area contributed by atoms with Crippen LogP contribution in [0.1, 0.15) is 420 Å². The molecule has 0 bridgehead atoms. The number of phosphoric acid groups is 2. The molecule has 17 nitrogen and oxygen atoms in total. The standard InChI is InChI=1S/C79H154O17P2/c1-6-10-13-16-19-22-25-28-34-38-43-48-53-58-63-77(82)90-69-75(96-79(84)65-60-55-50-45-40-35-30-29-33-36-41-46-51-56-61-72(5)9-4)71-94-98(87,88)92-67-73(80)66-91-97(85,86)93-70-74(95-78(83)64-59-54-49-44-39-32-27-24-21-18-15-12-8-3)68-89-76(81)62-57-52-47-42-37-31-26-23-20-17-14-11-7-2/h72-75,80H,6-71H2,1-5H3,(H,85,86)(H,87,88)/t72?,73-,74+,75+/m0/s1. The van der Waals surface area contributed by atoms with Crippen LogP contribution in [0, 0.1) is 5.92 Å². The molecule has 0 saturated carbocycles. The van der Waals surface area contributed by atoms with Gasteiger partial charge in [0.15, 0.2) is 12.2 Å². The lowest BCUT2D eigenvalue weighted by molar-refractivity contribution is -0.161. The number of carbonyl (C=O) groups excluding carboxylic acids is 4. The zero-order valence-corrected chi connectivity index (χ0v) is 65.7. The molecule has 0 aliphatic carbocycles. The number of aliphatic hydroxyl groups is 1. The van der Waals surface area contributed by atoms with Crippen molar-refractivity contribution in [2.75, 3.05) is 39.6 Å². The zero-order valence-electron chi connectivity index (χ0n) is 63.9. The Hall–Kier alpha value is -1.94. The van der Waals surface area contributed by atoms with Gasteiger partial charge in [-0.2, -0.15) is 0 Å². The van der Waals surface area contributed by atoms with Gasteiger partial charge in [-0.3, -0.25) is 37.3 Å². The minimum atomic E-state index is -4.96. The van der Waals surface area contributed by atoms with E-state index in [0.717, 1.165) is 95.8 Å². The molecule has 0 rings (SSSR count). The number of ether oxygens (including phenoxy) is 4. The third-order valence-electron chi connectivity index (χ3n) is 18.9. The second kappa shape index (κ2) is 72.0. The quantitative estimate of drug-likeness (QED) is 0.0222. The van der Waals surface area contributed by atoms with Gasteiger partial charge in [-0.25, -0.2) is 9.13 Å². The van der Waals surface area contributed by atoms with Gasteiger partial charge in [0.1, 0.15) is 19.3 Å². The molecular weight excluding hydrogens is 1280 g/mol. The van der Waals surface area contributed by atoms with Crippen molar-refractivity contribution >= 4 is 39.5 Å². The fourth-order valence-corrected chi connectivity index (χ4v) is 13.8. The van der Waals surface area contributed by atoms with E-state index in [-0.39, 0.29) is 25.7 Å². The molecule has 3 unspecified atom stereocenters. The summed E-state index contributed by atoms with van der Waals surface area (Å²) in [6.07, 6.45) is 62.1. The van der Waals surface area contributed by atoms with Crippen LogP contribution in [0.25, 0.3) is 0 Å². The maximum absolute atomic E-state index is 13.1. The first-order valence-electron chi connectivity index (χ1n) is 41.2. The summed E-state index contributed by atoms with van der Waals surface area (Å²) in [5, 5.41) is 10.6. The maximum atomic E-state index is 13.1. The predicted octanol–water partition coefficient (Wildman–Crippen LogP) is 23.6. The third-order valence-corrected chi connectivity index (χ3v) is 20.8. The van der Waals surface area contributed by atoms with Crippen molar-refractivity contribution in [2.24, 2.45) is 5.92 Å². The number of esters is 4. The largest absolute Gasteiger partial charge is 0.472 e. The highest BCUT2D eigenvalue weighted by Gasteiger charge is 2.30. The molecule has 98 heavy (non-hydrogen) atoms. The number of rotatable bonds is 79. The molecule has 0 fully saturated rings. The lowest BCUT2D eigenvalue weighted by Crippen LogP contribution is -2.30. The van der Waals surface area contributed by atoms with Gasteiger partial charge in [0, 0.05) is 25.7 Å². The Morgan fingerprint density at radius 3 is 0.724 bits per heavy atom. The average Bonchev–Trinajstić information content (AvgIpc) is 0.977. The fraction of sp³-hybridized carbons (Fsp3) is 0.949. The van der Waals surface area contributed by atoms with E-state index in [4.69, 9.17) is 37.0 Å². The summed E-state index contributed by atoms with van der Waals surface area (Å²) >= 11 is 0. The SMILES string of the molecule is CCCCCCCCCCCCCCCCC(=O)OC[C@H](COP(=O)(O)OC[C@@H](O)COP(=O)(O)OC[C@@H](COC(=O)CCCCCCCCCCCCCCC)OC(=O)CCCCCCCCCCCCCCC)OC(=O)CCCCCCCCCCCCCCCCC(C)CC. The van der Waals surface area contributed by atoms with Crippen molar-refractivity contribution in [1.82, 2.24) is 0 Å². The summed E-state index contributed by atoms with van der Waals surface area (Å²) in [6, 6.07) is 0. The Kier molecular flexibility index (Phi) is 70.6. The lowest BCUT2D eigenvalue weighted by Gasteiger charge is -2.21. The summed E-state index contributed by atoms with van der Waals surface area (Å²) in [5.74, 6) is -1.26. The summed E-state index contributed by atoms with van der Waals surface area (Å²) in [6.45, 7) is 7.38. The van der Waals surface area contributed by atoms with Crippen LogP contribution >= 0.6 is 15.6 Å². The second-order valence-corrected chi connectivity index (χ2v) is 31.6. The van der Waals surface area contributed by atoms with Crippen LogP contribution in [0.5, 0.6) is 0 Å². The molecule has 0 aliphatic rings. The first-order chi connectivity index (χ1) is 47.6. The monoisotopic (exact) mass is 1440 g/mol. The second-order valence-electron chi connectivity index (χ2n) is 28.7. The van der Waals surface area contributed by atoms with E-state index in [2.05, 4.69) is 34.6 Å². The van der Waals surface area contributed by atoms with Crippen molar-refractivity contribution < 1.29 is 80.2 Å². The fourth-order valence-electron chi connectivity index (χ4n) is 12.2. The summed E-state index contributed by atoms with van der Waals surface area (Å²) < 4.78 is 68.7. The predicted molar refractivity (Wildman–Crippen MR) is 400 cm³/mol. The Morgan fingerprint density at radius 2 is 0.490 bits per heavy atom. The van der Waals surface area contributed by atoms with Crippen LogP contribution in [0.4, 0.5) is 0 Å². The van der Waals surface area contributed by atoms with E-state index in [1.807, 2.05) is 0 Å². The molecule has 19 heteroatoms. The lowest BCUT2D eigenvalue weighted by atomic mass is 9.99. The van der Waals surface area contributed by atoms with Crippen LogP contribution in [-0.2, 0) is 65.4 Å². The molecule has 0 spiro atoms. The van der Waals surface area contributed by atoms with Gasteiger partial charge in [0.05, 0.1) is 26.4 Å². The molecule has 3 N–H and O–H groups in total. The molecule has 0 aromatic heterocycles. The number of phosphoric ester groups is 2. The van der Waals surface area contributed by atoms with Crippen LogP contribution in [0.2, 0.25) is 0 Å². The van der Waals surface area contributed by atoms with Gasteiger partial charge in [-0.1, -0.05) is 369 Å². The normalized spacial score (nSPS) is 14.2. The van der Waals surface area contributed by atoms with Crippen molar-refractivity contribution in [2.45, 2.75) is 438 Å². The maximum Gasteiger partial charge on any atom is 0.472 e. The first-order valence-corrected chi connectivity index (χ1v) is 44.2.